The number of carbonyl (C=O) groups excluding carboxylic acids is 1. The van der Waals surface area contributed by atoms with Crippen molar-refractivity contribution in [2.75, 3.05) is 12.3 Å². The fraction of sp³-hybridized carbons (Fsp3) is 0.769. The number of hydrogen-bond donors (Lipinski definition) is 2. The van der Waals surface area contributed by atoms with Gasteiger partial charge in [0.25, 0.3) is 5.91 Å². The molecule has 1 aromatic heterocycles. The highest BCUT2D eigenvalue weighted by atomic mass is 32.2. The Balaban J connectivity index is 1.87. The fourth-order valence-electron chi connectivity index (χ4n) is 1.95. The summed E-state index contributed by atoms with van der Waals surface area (Å²) in [6.07, 6.45) is 3.75. The van der Waals surface area contributed by atoms with Gasteiger partial charge in [0.2, 0.25) is 5.82 Å². The molecule has 2 rings (SSSR count). The fourth-order valence-corrected chi connectivity index (χ4v) is 3.19. The normalized spacial score (nSPS) is 20.3. The van der Waals surface area contributed by atoms with E-state index >= 15 is 0 Å². The number of amides is 1. The second-order valence-corrected chi connectivity index (χ2v) is 7.36. The van der Waals surface area contributed by atoms with Gasteiger partial charge >= 0.3 is 0 Å². The molecule has 19 heavy (non-hydrogen) atoms. The second-order valence-electron chi connectivity index (χ2n) is 5.96. The van der Waals surface area contributed by atoms with Crippen LogP contribution >= 0.6 is 11.8 Å². The Hall–Kier alpha value is -1.04. The van der Waals surface area contributed by atoms with Crippen LogP contribution in [0.5, 0.6) is 0 Å². The maximum Gasteiger partial charge on any atom is 0.290 e. The van der Waals surface area contributed by atoms with Gasteiger partial charge in [-0.15, -0.1) is 5.10 Å². The van der Waals surface area contributed by atoms with Gasteiger partial charge in [-0.1, -0.05) is 27.2 Å². The lowest BCUT2D eigenvalue weighted by Crippen LogP contribution is -2.32. The number of nitrogens with zero attached hydrogens (tertiary/aromatic N) is 2. The van der Waals surface area contributed by atoms with E-state index in [1.165, 1.54) is 25.0 Å². The number of aromatic amines is 1. The van der Waals surface area contributed by atoms with E-state index in [1.54, 1.807) is 0 Å². The first-order valence-corrected chi connectivity index (χ1v) is 7.84. The van der Waals surface area contributed by atoms with Crippen molar-refractivity contribution in [1.29, 1.82) is 0 Å². The van der Waals surface area contributed by atoms with Gasteiger partial charge in [0.15, 0.2) is 0 Å². The van der Waals surface area contributed by atoms with Crippen LogP contribution in [0.25, 0.3) is 0 Å². The third-order valence-corrected chi connectivity index (χ3v) is 4.56. The monoisotopic (exact) mass is 282 g/mol. The molecule has 0 bridgehead atoms. The molecule has 1 aromatic rings. The molecule has 6 heteroatoms. The Bertz CT molecular complexity index is 432. The molecule has 0 spiro atoms. The highest BCUT2D eigenvalue weighted by Crippen LogP contribution is 2.24. The van der Waals surface area contributed by atoms with E-state index in [0.29, 0.717) is 11.8 Å². The van der Waals surface area contributed by atoms with Crippen molar-refractivity contribution in [2.24, 2.45) is 0 Å². The Labute approximate surface area is 118 Å². The van der Waals surface area contributed by atoms with Crippen LogP contribution < -0.4 is 5.32 Å². The number of carbonyl (C=O) groups is 1. The van der Waals surface area contributed by atoms with Crippen LogP contribution in [0.2, 0.25) is 0 Å². The van der Waals surface area contributed by atoms with Gasteiger partial charge in [0.1, 0.15) is 5.82 Å². The Kier molecular flexibility index (Phi) is 4.50. The first-order valence-electron chi connectivity index (χ1n) is 6.79. The topological polar surface area (TPSA) is 70.7 Å². The molecule has 0 aliphatic carbocycles. The standard InChI is InChI=1S/C13H22N4OS/c1-13(2,3)12-15-10(16-17-12)11(18)14-8-9-6-4-5-7-19-9/h9H,4-8H2,1-3H3,(H,14,18)(H,15,16,17). The lowest BCUT2D eigenvalue weighted by atomic mass is 9.96. The Morgan fingerprint density at radius 2 is 2.26 bits per heavy atom. The van der Waals surface area contributed by atoms with E-state index < -0.39 is 0 Å². The van der Waals surface area contributed by atoms with Crippen molar-refractivity contribution in [1.82, 2.24) is 20.5 Å². The molecule has 1 atom stereocenters. The molecular formula is C13H22N4OS. The van der Waals surface area contributed by atoms with E-state index in [1.807, 2.05) is 32.5 Å². The van der Waals surface area contributed by atoms with Gasteiger partial charge in [-0.05, 0) is 18.6 Å². The quantitative estimate of drug-likeness (QED) is 0.891. The molecule has 2 N–H and O–H groups in total. The van der Waals surface area contributed by atoms with Crippen LogP contribution in [0, 0.1) is 0 Å². The van der Waals surface area contributed by atoms with Gasteiger partial charge in [-0.2, -0.15) is 11.8 Å². The van der Waals surface area contributed by atoms with E-state index in [2.05, 4.69) is 20.5 Å². The first-order chi connectivity index (χ1) is 8.97. The molecule has 1 aliphatic rings. The predicted octanol–water partition coefficient (Wildman–Crippen LogP) is 2.12. The van der Waals surface area contributed by atoms with E-state index in [9.17, 15) is 4.79 Å². The summed E-state index contributed by atoms with van der Waals surface area (Å²) < 4.78 is 0. The summed E-state index contributed by atoms with van der Waals surface area (Å²) in [6, 6.07) is 0. The molecule has 1 unspecified atom stereocenters. The van der Waals surface area contributed by atoms with Crippen LogP contribution in [-0.2, 0) is 5.41 Å². The number of rotatable bonds is 3. The maximum atomic E-state index is 12.0. The van der Waals surface area contributed by atoms with Crippen LogP contribution in [0.1, 0.15) is 56.5 Å². The SMILES string of the molecule is CC(C)(C)c1nc(C(=O)NCC2CCCCS2)n[nH]1. The number of nitrogens with one attached hydrogen (secondary N) is 2. The van der Waals surface area contributed by atoms with Crippen molar-refractivity contribution < 1.29 is 4.79 Å². The third kappa shape index (κ3) is 3.96. The zero-order valence-corrected chi connectivity index (χ0v) is 12.6. The van der Waals surface area contributed by atoms with Crippen molar-refractivity contribution in [2.45, 2.75) is 50.7 Å². The minimum absolute atomic E-state index is 0.120. The molecule has 0 saturated carbocycles. The average molecular weight is 282 g/mol. The number of aromatic nitrogens is 3. The van der Waals surface area contributed by atoms with Crippen LogP contribution in [0.3, 0.4) is 0 Å². The van der Waals surface area contributed by atoms with E-state index in [4.69, 9.17) is 0 Å². The zero-order chi connectivity index (χ0) is 13.9. The van der Waals surface area contributed by atoms with Gasteiger partial charge in [0.05, 0.1) is 0 Å². The summed E-state index contributed by atoms with van der Waals surface area (Å²) in [5.74, 6) is 2.00. The highest BCUT2D eigenvalue weighted by Gasteiger charge is 2.22. The zero-order valence-electron chi connectivity index (χ0n) is 11.8. The van der Waals surface area contributed by atoms with Crippen molar-refractivity contribution in [3.63, 3.8) is 0 Å². The van der Waals surface area contributed by atoms with Crippen LogP contribution in [0.15, 0.2) is 0 Å². The molecule has 5 nitrogen and oxygen atoms in total. The van der Waals surface area contributed by atoms with Crippen LogP contribution in [0.4, 0.5) is 0 Å². The predicted molar refractivity (Wildman–Crippen MR) is 77.5 cm³/mol. The smallest absolute Gasteiger partial charge is 0.290 e. The molecule has 1 saturated heterocycles. The molecule has 0 aromatic carbocycles. The summed E-state index contributed by atoms with van der Waals surface area (Å²) in [7, 11) is 0. The summed E-state index contributed by atoms with van der Waals surface area (Å²) in [5.41, 5.74) is -0.120. The van der Waals surface area contributed by atoms with Crippen LogP contribution in [-0.4, -0.2) is 38.6 Å². The lowest BCUT2D eigenvalue weighted by Gasteiger charge is -2.20. The molecule has 106 valence electrons. The largest absolute Gasteiger partial charge is 0.348 e. The maximum absolute atomic E-state index is 12.0. The third-order valence-electron chi connectivity index (χ3n) is 3.16. The number of H-pyrrole nitrogens is 1. The molecule has 1 fully saturated rings. The van der Waals surface area contributed by atoms with Gasteiger partial charge in [-0.25, -0.2) is 4.98 Å². The number of thioether (sulfide) groups is 1. The van der Waals surface area contributed by atoms with Crippen molar-refractivity contribution in [3.8, 4) is 0 Å². The lowest BCUT2D eigenvalue weighted by molar-refractivity contribution is 0.0943. The van der Waals surface area contributed by atoms with Crippen molar-refractivity contribution >= 4 is 17.7 Å². The molecule has 2 heterocycles. The summed E-state index contributed by atoms with van der Waals surface area (Å²) in [4.78, 5) is 16.2. The van der Waals surface area contributed by atoms with Crippen molar-refractivity contribution in [3.05, 3.63) is 11.6 Å². The Morgan fingerprint density at radius 3 is 2.84 bits per heavy atom. The van der Waals surface area contributed by atoms with E-state index in [-0.39, 0.29) is 17.1 Å². The first kappa shape index (κ1) is 14.4. The number of hydrogen-bond acceptors (Lipinski definition) is 4. The van der Waals surface area contributed by atoms with Gasteiger partial charge < -0.3 is 5.32 Å². The van der Waals surface area contributed by atoms with Gasteiger partial charge in [0, 0.05) is 17.2 Å². The molecule has 1 amide bonds. The average Bonchev–Trinajstić information content (AvgIpc) is 2.87. The highest BCUT2D eigenvalue weighted by molar-refractivity contribution is 7.99. The molecule has 0 radical (unpaired) electrons. The van der Waals surface area contributed by atoms with E-state index in [0.717, 1.165) is 5.82 Å². The second kappa shape index (κ2) is 5.94. The minimum atomic E-state index is -0.182. The summed E-state index contributed by atoms with van der Waals surface area (Å²) in [6.45, 7) is 6.82. The summed E-state index contributed by atoms with van der Waals surface area (Å²) >= 11 is 1.95. The Morgan fingerprint density at radius 1 is 1.47 bits per heavy atom. The van der Waals surface area contributed by atoms with Gasteiger partial charge in [-0.3, -0.25) is 9.89 Å². The molecule has 1 aliphatic heterocycles. The molecular weight excluding hydrogens is 260 g/mol. The summed E-state index contributed by atoms with van der Waals surface area (Å²) in [5, 5.41) is 10.3. The minimum Gasteiger partial charge on any atom is -0.348 e.